The Morgan fingerprint density at radius 2 is 2.00 bits per heavy atom. The summed E-state index contributed by atoms with van der Waals surface area (Å²) < 4.78 is 11.6. The van der Waals surface area contributed by atoms with Crippen LogP contribution in [0.3, 0.4) is 0 Å². The first-order valence-corrected chi connectivity index (χ1v) is 8.31. The van der Waals surface area contributed by atoms with E-state index in [1.807, 2.05) is 0 Å². The number of carbonyl (C=O) groups is 1. The lowest BCUT2D eigenvalue weighted by Gasteiger charge is -2.17. The zero-order chi connectivity index (χ0) is 18.7. The summed E-state index contributed by atoms with van der Waals surface area (Å²) in [5.41, 5.74) is -0.910. The van der Waals surface area contributed by atoms with Gasteiger partial charge in [-0.25, -0.2) is 9.59 Å². The topological polar surface area (TPSA) is 106 Å². The summed E-state index contributed by atoms with van der Waals surface area (Å²) in [6.07, 6.45) is 3.90. The van der Waals surface area contributed by atoms with E-state index in [9.17, 15) is 14.4 Å². The van der Waals surface area contributed by atoms with Crippen LogP contribution in [0.2, 0.25) is 0 Å². The van der Waals surface area contributed by atoms with Crippen molar-refractivity contribution in [3.8, 4) is 0 Å². The minimum atomic E-state index is -0.474. The molecule has 1 amide bonds. The highest BCUT2D eigenvalue weighted by molar-refractivity contribution is 5.66. The first kappa shape index (κ1) is 20.9. The number of carbonyl (C=O) groups excluding carboxylic acids is 1. The lowest BCUT2D eigenvalue weighted by atomic mass is 10.2. The molecule has 1 aromatic heterocycles. The van der Waals surface area contributed by atoms with Gasteiger partial charge in [0.25, 0.3) is 5.56 Å². The molecular weight excluding hydrogens is 328 g/mol. The van der Waals surface area contributed by atoms with Gasteiger partial charge in [-0.05, 0) is 32.4 Å². The lowest BCUT2D eigenvalue weighted by molar-refractivity contribution is 0.0203. The Balaban J connectivity index is 0.000000531. The molecule has 0 aromatic carbocycles. The van der Waals surface area contributed by atoms with Crippen molar-refractivity contribution in [3.05, 3.63) is 33.1 Å². The van der Waals surface area contributed by atoms with Crippen molar-refractivity contribution < 1.29 is 14.3 Å². The Kier molecular flexibility index (Phi) is 9.56. The average Bonchev–Trinajstić information content (AvgIpc) is 3.16. The number of H-pyrrole nitrogens is 1. The summed E-state index contributed by atoms with van der Waals surface area (Å²) in [4.78, 5) is 37.2. The summed E-state index contributed by atoms with van der Waals surface area (Å²) in [5, 5.41) is 3.22. The monoisotopic (exact) mass is 356 g/mol. The van der Waals surface area contributed by atoms with Crippen molar-refractivity contribution >= 4 is 6.09 Å². The number of rotatable bonds is 6. The SMILES string of the molecule is C1CCNC1.COC(CCn1ccc(=O)[nH]c1=O)COC(=O)N(C)C. The molecule has 9 heteroatoms. The molecule has 0 saturated carbocycles. The van der Waals surface area contributed by atoms with E-state index >= 15 is 0 Å². The highest BCUT2D eigenvalue weighted by atomic mass is 16.6. The highest BCUT2D eigenvalue weighted by Crippen LogP contribution is 2.01. The minimum Gasteiger partial charge on any atom is -0.447 e. The number of nitrogens with zero attached hydrogens (tertiary/aromatic N) is 2. The number of nitrogens with one attached hydrogen (secondary N) is 2. The second kappa shape index (κ2) is 11.4. The molecule has 1 fully saturated rings. The van der Waals surface area contributed by atoms with Gasteiger partial charge in [-0.3, -0.25) is 9.78 Å². The van der Waals surface area contributed by atoms with Crippen molar-refractivity contribution in [1.82, 2.24) is 19.8 Å². The van der Waals surface area contributed by atoms with Crippen LogP contribution in [-0.4, -0.2) is 67.5 Å². The van der Waals surface area contributed by atoms with Gasteiger partial charge in [-0.1, -0.05) is 0 Å². The predicted molar refractivity (Wildman–Crippen MR) is 93.9 cm³/mol. The molecule has 1 atom stereocenters. The molecule has 0 radical (unpaired) electrons. The summed E-state index contributed by atoms with van der Waals surface area (Å²) in [6, 6.07) is 1.27. The Morgan fingerprint density at radius 3 is 2.48 bits per heavy atom. The number of ether oxygens (including phenoxy) is 2. The van der Waals surface area contributed by atoms with Crippen LogP contribution in [0.5, 0.6) is 0 Å². The van der Waals surface area contributed by atoms with E-state index in [1.54, 1.807) is 14.1 Å². The van der Waals surface area contributed by atoms with Crippen LogP contribution in [0.25, 0.3) is 0 Å². The first-order valence-electron chi connectivity index (χ1n) is 8.31. The maximum Gasteiger partial charge on any atom is 0.409 e. The number of methoxy groups -OCH3 is 1. The number of aryl methyl sites for hydroxylation is 1. The largest absolute Gasteiger partial charge is 0.447 e. The number of amides is 1. The van der Waals surface area contributed by atoms with Crippen LogP contribution in [0.1, 0.15) is 19.3 Å². The zero-order valence-corrected chi connectivity index (χ0v) is 15.1. The normalized spacial score (nSPS) is 14.4. The molecule has 142 valence electrons. The predicted octanol–water partition coefficient (Wildman–Crippen LogP) is 0.00970. The maximum atomic E-state index is 11.5. The number of hydrogen-bond acceptors (Lipinski definition) is 6. The maximum absolute atomic E-state index is 11.5. The third-order valence-corrected chi connectivity index (χ3v) is 3.64. The van der Waals surface area contributed by atoms with Gasteiger partial charge in [-0.15, -0.1) is 0 Å². The smallest absolute Gasteiger partial charge is 0.409 e. The fourth-order valence-electron chi connectivity index (χ4n) is 2.09. The van der Waals surface area contributed by atoms with Crippen molar-refractivity contribution in [2.45, 2.75) is 31.9 Å². The molecule has 1 aliphatic heterocycles. The lowest BCUT2D eigenvalue weighted by Crippen LogP contribution is -2.32. The van der Waals surface area contributed by atoms with Crippen LogP contribution in [0.4, 0.5) is 4.79 Å². The van der Waals surface area contributed by atoms with E-state index in [4.69, 9.17) is 9.47 Å². The average molecular weight is 356 g/mol. The zero-order valence-electron chi connectivity index (χ0n) is 15.1. The van der Waals surface area contributed by atoms with Crippen molar-refractivity contribution in [1.29, 1.82) is 0 Å². The highest BCUT2D eigenvalue weighted by Gasteiger charge is 2.12. The summed E-state index contributed by atoms with van der Waals surface area (Å²) in [7, 11) is 4.68. The summed E-state index contributed by atoms with van der Waals surface area (Å²) >= 11 is 0. The van der Waals surface area contributed by atoms with Crippen LogP contribution >= 0.6 is 0 Å². The van der Waals surface area contributed by atoms with Crippen molar-refractivity contribution in [2.75, 3.05) is 40.9 Å². The third kappa shape index (κ3) is 8.50. The molecular formula is C16H28N4O5. The van der Waals surface area contributed by atoms with E-state index < -0.39 is 17.3 Å². The second-order valence-electron chi connectivity index (χ2n) is 5.88. The second-order valence-corrected chi connectivity index (χ2v) is 5.88. The van der Waals surface area contributed by atoms with Crippen LogP contribution in [0, 0.1) is 0 Å². The molecule has 0 aliphatic carbocycles. The first-order chi connectivity index (χ1) is 11.9. The van der Waals surface area contributed by atoms with Gasteiger partial charge in [0, 0.05) is 40.0 Å². The number of aromatic nitrogens is 2. The molecule has 1 saturated heterocycles. The molecule has 0 spiro atoms. The third-order valence-electron chi connectivity index (χ3n) is 3.64. The molecule has 9 nitrogen and oxygen atoms in total. The van der Waals surface area contributed by atoms with Gasteiger partial charge in [0.1, 0.15) is 6.61 Å². The molecule has 25 heavy (non-hydrogen) atoms. The van der Waals surface area contributed by atoms with Gasteiger partial charge >= 0.3 is 11.8 Å². The number of aromatic amines is 1. The Hall–Kier alpha value is -2.13. The van der Waals surface area contributed by atoms with Gasteiger partial charge in [-0.2, -0.15) is 0 Å². The molecule has 0 bridgehead atoms. The summed E-state index contributed by atoms with van der Waals surface area (Å²) in [6.45, 7) is 2.96. The van der Waals surface area contributed by atoms with Gasteiger partial charge in [0.05, 0.1) is 6.10 Å². The minimum absolute atomic E-state index is 0.103. The quantitative estimate of drug-likeness (QED) is 0.744. The Labute approximate surface area is 146 Å². The van der Waals surface area contributed by atoms with E-state index in [0.717, 1.165) is 0 Å². The molecule has 2 N–H and O–H groups in total. The van der Waals surface area contributed by atoms with Gasteiger partial charge in [0.2, 0.25) is 0 Å². The fourth-order valence-corrected chi connectivity index (χ4v) is 2.09. The molecule has 2 heterocycles. The fraction of sp³-hybridized carbons (Fsp3) is 0.688. The van der Waals surface area contributed by atoms with Crippen LogP contribution in [-0.2, 0) is 16.0 Å². The van der Waals surface area contributed by atoms with E-state index in [-0.39, 0.29) is 12.7 Å². The van der Waals surface area contributed by atoms with E-state index in [0.29, 0.717) is 13.0 Å². The van der Waals surface area contributed by atoms with Gasteiger partial charge in [0.15, 0.2) is 0 Å². The van der Waals surface area contributed by atoms with Crippen molar-refractivity contribution in [2.24, 2.45) is 0 Å². The van der Waals surface area contributed by atoms with Crippen LogP contribution < -0.4 is 16.6 Å². The molecule has 1 aliphatic rings. The van der Waals surface area contributed by atoms with Crippen LogP contribution in [0.15, 0.2) is 21.9 Å². The molecule has 1 aromatic rings. The molecule has 1 unspecified atom stereocenters. The van der Waals surface area contributed by atoms with Gasteiger partial charge < -0.3 is 24.3 Å². The summed E-state index contributed by atoms with van der Waals surface area (Å²) in [5.74, 6) is 0. The van der Waals surface area contributed by atoms with E-state index in [1.165, 1.54) is 54.8 Å². The Morgan fingerprint density at radius 1 is 1.32 bits per heavy atom. The Bertz CT molecular complexity index is 614. The van der Waals surface area contributed by atoms with E-state index in [2.05, 4.69) is 10.3 Å². The van der Waals surface area contributed by atoms with Crippen molar-refractivity contribution in [3.63, 3.8) is 0 Å². The standard InChI is InChI=1S/C12H19N3O5.C4H9N/c1-14(2)12(18)20-8-9(19-3)4-6-15-7-5-10(16)13-11(15)17;1-2-4-5-3-1/h5,7,9H,4,6,8H2,1-3H3,(H,13,16,17);5H,1-4H2. The number of hydrogen-bond donors (Lipinski definition) is 2. The molecule has 2 rings (SSSR count).